The minimum absolute atomic E-state index is 0. The molecule has 7 N–H and O–H groups in total. The van der Waals surface area contributed by atoms with Gasteiger partial charge in [0.1, 0.15) is 5.54 Å². The Balaban J connectivity index is 0. The first-order valence-corrected chi connectivity index (χ1v) is 6.58. The first kappa shape index (κ1) is 23.7. The highest BCUT2D eigenvalue weighted by Crippen LogP contribution is 2.28. The summed E-state index contributed by atoms with van der Waals surface area (Å²) in [5.41, 5.74) is 9.89. The molecule has 0 aliphatic carbocycles. The molecule has 0 unspecified atom stereocenters. The Hall–Kier alpha value is -0.575. The van der Waals surface area contributed by atoms with E-state index >= 15 is 0 Å². The molecule has 0 radical (unpaired) electrons. The van der Waals surface area contributed by atoms with Crippen LogP contribution in [0.4, 0.5) is 0 Å². The Morgan fingerprint density at radius 3 is 2.36 bits per heavy atom. The van der Waals surface area contributed by atoms with Crippen molar-refractivity contribution in [3.05, 3.63) is 0 Å². The lowest BCUT2D eigenvalue weighted by Gasteiger charge is -2.42. The van der Waals surface area contributed by atoms with Gasteiger partial charge in [-0.15, -0.1) is 24.8 Å². The van der Waals surface area contributed by atoms with E-state index in [-0.39, 0.29) is 55.9 Å². The number of carbonyl (C=O) groups is 2. The van der Waals surface area contributed by atoms with Gasteiger partial charge in [-0.3, -0.25) is 9.59 Å². The Morgan fingerprint density at radius 2 is 1.95 bits per heavy atom. The molecule has 1 fully saturated rings. The fourth-order valence-corrected chi connectivity index (χ4v) is 2.55. The highest BCUT2D eigenvalue weighted by molar-refractivity contribution is 6.40. The van der Waals surface area contributed by atoms with Crippen LogP contribution in [0.25, 0.3) is 0 Å². The molecule has 1 aliphatic rings. The van der Waals surface area contributed by atoms with Crippen molar-refractivity contribution in [2.75, 3.05) is 13.1 Å². The highest BCUT2D eigenvalue weighted by atomic mass is 35.5. The topological polar surface area (TPSA) is 150 Å². The summed E-state index contributed by atoms with van der Waals surface area (Å²) < 4.78 is 0. The number of carbonyl (C=O) groups excluding carboxylic acids is 1. The second-order valence-corrected chi connectivity index (χ2v) is 5.60. The maximum atomic E-state index is 11.9. The lowest BCUT2D eigenvalue weighted by molar-refractivity contribution is -0.149. The summed E-state index contributed by atoms with van der Waals surface area (Å²) in [4.78, 5) is 24.6. The molecule has 0 saturated carbocycles. The molecular weight excluding hydrogens is 336 g/mol. The number of carboxylic acids is 1. The van der Waals surface area contributed by atoms with Crippen LogP contribution in [0.5, 0.6) is 0 Å². The van der Waals surface area contributed by atoms with Crippen LogP contribution >= 0.6 is 24.8 Å². The first-order chi connectivity index (χ1) is 9.15. The number of nitrogens with zero attached hydrogens (tertiary/aromatic N) is 1. The molecule has 0 aromatic rings. The van der Waals surface area contributed by atoms with Gasteiger partial charge in [0.25, 0.3) is 0 Å². The van der Waals surface area contributed by atoms with E-state index in [2.05, 4.69) is 0 Å². The molecule has 0 spiro atoms. The number of amides is 1. The fourth-order valence-electron chi connectivity index (χ4n) is 2.55. The molecular formula is C11H24BCl2N3O5. The van der Waals surface area contributed by atoms with Crippen molar-refractivity contribution < 1.29 is 24.7 Å². The number of hydrogen-bond acceptors (Lipinski definition) is 6. The highest BCUT2D eigenvalue weighted by Gasteiger charge is 2.44. The van der Waals surface area contributed by atoms with E-state index < -0.39 is 24.7 Å². The molecule has 1 rings (SSSR count). The summed E-state index contributed by atoms with van der Waals surface area (Å²) in [5, 5.41) is 27.0. The largest absolute Gasteiger partial charge is 0.480 e. The number of piperidine rings is 1. The third-order valence-electron chi connectivity index (χ3n) is 3.56. The van der Waals surface area contributed by atoms with Gasteiger partial charge in [0.15, 0.2) is 0 Å². The van der Waals surface area contributed by atoms with Crippen molar-refractivity contribution >= 4 is 43.8 Å². The zero-order chi connectivity index (χ0) is 15.5. The van der Waals surface area contributed by atoms with Crippen molar-refractivity contribution in [1.82, 2.24) is 4.90 Å². The molecule has 1 amide bonds. The second kappa shape index (κ2) is 9.54. The molecule has 0 aromatic heterocycles. The van der Waals surface area contributed by atoms with Gasteiger partial charge in [-0.2, -0.15) is 0 Å². The van der Waals surface area contributed by atoms with Crippen LogP contribution in [-0.4, -0.2) is 63.7 Å². The average Bonchev–Trinajstić information content (AvgIpc) is 2.34. The van der Waals surface area contributed by atoms with Crippen molar-refractivity contribution in [2.24, 2.45) is 17.4 Å². The van der Waals surface area contributed by atoms with Crippen molar-refractivity contribution in [1.29, 1.82) is 0 Å². The average molecular weight is 360 g/mol. The molecule has 0 aromatic carbocycles. The van der Waals surface area contributed by atoms with Crippen LogP contribution in [0.2, 0.25) is 6.32 Å². The smallest absolute Gasteiger partial charge is 0.451 e. The summed E-state index contributed by atoms with van der Waals surface area (Å²) in [6.45, 7) is 1.78. The van der Waals surface area contributed by atoms with Gasteiger partial charge in [0, 0.05) is 13.1 Å². The van der Waals surface area contributed by atoms with Crippen molar-refractivity contribution in [3.63, 3.8) is 0 Å². The molecule has 8 nitrogen and oxygen atoms in total. The van der Waals surface area contributed by atoms with Gasteiger partial charge >= 0.3 is 13.1 Å². The maximum absolute atomic E-state index is 11.9. The number of halogens is 2. The summed E-state index contributed by atoms with van der Waals surface area (Å²) >= 11 is 0. The van der Waals surface area contributed by atoms with E-state index in [9.17, 15) is 14.7 Å². The number of carboxylic acid groups (broad SMARTS) is 1. The van der Waals surface area contributed by atoms with Crippen LogP contribution in [0, 0.1) is 5.92 Å². The molecule has 130 valence electrons. The standard InChI is InChI=1S/C11H22BN3O5.2ClH/c1-7(13)9(16)15-5-8(2-3-12(19)20)4-11(14,6-15)10(17)18;;/h7-8,19-20H,2-6,13-14H2,1H3,(H,17,18);2*1H/t7-,8+,11+;;/m0../s1. The number of likely N-dealkylation sites (tertiary alicyclic amines) is 1. The molecule has 22 heavy (non-hydrogen) atoms. The number of nitrogens with two attached hydrogens (primary N) is 2. The predicted octanol–water partition coefficient (Wildman–Crippen LogP) is -1.33. The van der Waals surface area contributed by atoms with Gasteiger partial charge in [-0.1, -0.05) is 6.42 Å². The van der Waals surface area contributed by atoms with Gasteiger partial charge in [-0.05, 0) is 25.6 Å². The van der Waals surface area contributed by atoms with Crippen molar-refractivity contribution in [2.45, 2.75) is 37.7 Å². The lowest BCUT2D eigenvalue weighted by atomic mass is 9.75. The normalized spacial score (nSPS) is 25.5. The van der Waals surface area contributed by atoms with Gasteiger partial charge in [0.05, 0.1) is 6.04 Å². The summed E-state index contributed by atoms with van der Waals surface area (Å²) in [6.07, 6.45) is 0.686. The SMILES string of the molecule is C[C@H](N)C(=O)N1C[C@H](CCB(O)O)C[C@](N)(C(=O)O)C1.Cl.Cl. The summed E-state index contributed by atoms with van der Waals surface area (Å²) in [6, 6.07) is -0.727. The summed E-state index contributed by atoms with van der Waals surface area (Å²) in [5.74, 6) is -1.72. The first-order valence-electron chi connectivity index (χ1n) is 6.58. The van der Waals surface area contributed by atoms with Crippen LogP contribution in [0.3, 0.4) is 0 Å². The van der Waals surface area contributed by atoms with Gasteiger partial charge < -0.3 is 31.5 Å². The van der Waals surface area contributed by atoms with E-state index in [1.54, 1.807) is 0 Å². The van der Waals surface area contributed by atoms with E-state index in [4.69, 9.17) is 21.5 Å². The van der Waals surface area contributed by atoms with Crippen LogP contribution < -0.4 is 11.5 Å². The Labute approximate surface area is 142 Å². The Kier molecular flexibility index (Phi) is 10.3. The van der Waals surface area contributed by atoms with Gasteiger partial charge in [-0.25, -0.2) is 0 Å². The Morgan fingerprint density at radius 1 is 1.41 bits per heavy atom. The number of hydrogen-bond donors (Lipinski definition) is 5. The zero-order valence-corrected chi connectivity index (χ0v) is 14.0. The molecule has 1 heterocycles. The maximum Gasteiger partial charge on any atom is 0.451 e. The third kappa shape index (κ3) is 6.27. The molecule has 1 saturated heterocycles. The fraction of sp³-hybridized carbons (Fsp3) is 0.818. The minimum Gasteiger partial charge on any atom is -0.480 e. The van der Waals surface area contributed by atoms with E-state index in [1.165, 1.54) is 11.8 Å². The van der Waals surface area contributed by atoms with Gasteiger partial charge in [0.2, 0.25) is 5.91 Å². The van der Waals surface area contributed by atoms with E-state index in [0.29, 0.717) is 13.0 Å². The minimum atomic E-state index is -1.52. The molecule has 11 heteroatoms. The predicted molar refractivity (Wildman–Crippen MR) is 87.0 cm³/mol. The number of rotatable bonds is 5. The molecule has 0 bridgehead atoms. The zero-order valence-electron chi connectivity index (χ0n) is 12.3. The van der Waals surface area contributed by atoms with Crippen LogP contribution in [-0.2, 0) is 9.59 Å². The molecule has 1 aliphatic heterocycles. The lowest BCUT2D eigenvalue weighted by Crippen LogP contribution is -2.64. The van der Waals surface area contributed by atoms with E-state index in [1.807, 2.05) is 0 Å². The Bertz CT molecular complexity index is 389. The second-order valence-electron chi connectivity index (χ2n) is 5.60. The van der Waals surface area contributed by atoms with Crippen LogP contribution in [0.15, 0.2) is 0 Å². The van der Waals surface area contributed by atoms with Crippen molar-refractivity contribution in [3.8, 4) is 0 Å². The number of aliphatic carboxylic acids is 1. The monoisotopic (exact) mass is 359 g/mol. The van der Waals surface area contributed by atoms with E-state index in [0.717, 1.165) is 0 Å². The quantitative estimate of drug-likeness (QED) is 0.381. The molecule has 3 atom stereocenters. The van der Waals surface area contributed by atoms with Crippen LogP contribution in [0.1, 0.15) is 19.8 Å². The summed E-state index contributed by atoms with van der Waals surface area (Å²) in [7, 11) is -1.45. The third-order valence-corrected chi connectivity index (χ3v) is 3.56.